The van der Waals surface area contributed by atoms with Crippen LogP contribution in [0.1, 0.15) is 15.9 Å². The standard InChI is InChI=1S/C15H14Cl2N2O/c1-18-9-10-3-2-4-12(7-10)19-15(20)13-8-11(16)5-6-14(13)17/h2-8,18H,9H2,1H3,(H,19,20). The van der Waals surface area contributed by atoms with E-state index in [9.17, 15) is 4.79 Å². The minimum absolute atomic E-state index is 0.279. The number of rotatable bonds is 4. The fourth-order valence-electron chi connectivity index (χ4n) is 1.83. The summed E-state index contributed by atoms with van der Waals surface area (Å²) in [6, 6.07) is 12.4. The summed E-state index contributed by atoms with van der Waals surface area (Å²) >= 11 is 11.9. The fourth-order valence-corrected chi connectivity index (χ4v) is 2.21. The highest BCUT2D eigenvalue weighted by atomic mass is 35.5. The van der Waals surface area contributed by atoms with Gasteiger partial charge in [-0.1, -0.05) is 35.3 Å². The molecule has 0 heterocycles. The molecule has 5 heteroatoms. The molecule has 2 N–H and O–H groups in total. The summed E-state index contributed by atoms with van der Waals surface area (Å²) in [5.41, 5.74) is 2.17. The van der Waals surface area contributed by atoms with Crippen LogP contribution in [0.25, 0.3) is 0 Å². The van der Waals surface area contributed by atoms with Crippen LogP contribution in [0.5, 0.6) is 0 Å². The van der Waals surface area contributed by atoms with E-state index >= 15 is 0 Å². The average molecular weight is 309 g/mol. The van der Waals surface area contributed by atoms with E-state index in [0.29, 0.717) is 15.6 Å². The molecule has 2 rings (SSSR count). The van der Waals surface area contributed by atoms with Gasteiger partial charge in [0.15, 0.2) is 0 Å². The lowest BCUT2D eigenvalue weighted by Gasteiger charge is -2.09. The predicted molar refractivity (Wildman–Crippen MR) is 83.6 cm³/mol. The molecule has 0 aliphatic carbocycles. The quantitative estimate of drug-likeness (QED) is 0.897. The van der Waals surface area contributed by atoms with Crippen molar-refractivity contribution in [1.82, 2.24) is 5.32 Å². The van der Waals surface area contributed by atoms with Crippen molar-refractivity contribution in [2.75, 3.05) is 12.4 Å². The van der Waals surface area contributed by atoms with Crippen molar-refractivity contribution >= 4 is 34.8 Å². The zero-order valence-electron chi connectivity index (χ0n) is 10.9. The van der Waals surface area contributed by atoms with Crippen LogP contribution >= 0.6 is 23.2 Å². The molecule has 0 bridgehead atoms. The Bertz CT molecular complexity index is 629. The maximum atomic E-state index is 12.2. The van der Waals surface area contributed by atoms with Crippen LogP contribution in [-0.4, -0.2) is 13.0 Å². The van der Waals surface area contributed by atoms with E-state index in [-0.39, 0.29) is 5.91 Å². The molecule has 2 aromatic rings. The SMILES string of the molecule is CNCc1cccc(NC(=O)c2cc(Cl)ccc2Cl)c1. The van der Waals surface area contributed by atoms with Gasteiger partial charge in [-0.3, -0.25) is 4.79 Å². The first-order valence-electron chi connectivity index (χ1n) is 6.10. The molecule has 0 spiro atoms. The second-order valence-corrected chi connectivity index (χ2v) is 5.15. The Hall–Kier alpha value is -1.55. The van der Waals surface area contributed by atoms with Crippen LogP contribution in [0.15, 0.2) is 42.5 Å². The molecule has 0 aliphatic rings. The van der Waals surface area contributed by atoms with E-state index in [0.717, 1.165) is 17.8 Å². The van der Waals surface area contributed by atoms with Gasteiger partial charge >= 0.3 is 0 Å². The van der Waals surface area contributed by atoms with E-state index in [1.807, 2.05) is 31.3 Å². The first-order chi connectivity index (χ1) is 9.60. The molecular weight excluding hydrogens is 295 g/mol. The van der Waals surface area contributed by atoms with Crippen molar-refractivity contribution in [3.8, 4) is 0 Å². The number of amides is 1. The van der Waals surface area contributed by atoms with Crippen molar-refractivity contribution in [1.29, 1.82) is 0 Å². The molecule has 1 amide bonds. The van der Waals surface area contributed by atoms with Crippen LogP contribution in [-0.2, 0) is 6.54 Å². The molecule has 0 unspecified atom stereocenters. The van der Waals surface area contributed by atoms with E-state index in [1.54, 1.807) is 18.2 Å². The van der Waals surface area contributed by atoms with Gasteiger partial charge in [0.1, 0.15) is 0 Å². The predicted octanol–water partition coefficient (Wildman–Crippen LogP) is 3.97. The third-order valence-corrected chi connectivity index (χ3v) is 3.30. The summed E-state index contributed by atoms with van der Waals surface area (Å²) in [5, 5.41) is 6.73. The first-order valence-corrected chi connectivity index (χ1v) is 6.85. The van der Waals surface area contributed by atoms with Gasteiger partial charge in [0.05, 0.1) is 10.6 Å². The molecule has 0 radical (unpaired) electrons. The van der Waals surface area contributed by atoms with Gasteiger partial charge in [-0.25, -0.2) is 0 Å². The number of carbonyl (C=O) groups excluding carboxylic acids is 1. The lowest BCUT2D eigenvalue weighted by Crippen LogP contribution is -2.13. The Morgan fingerprint density at radius 3 is 2.70 bits per heavy atom. The van der Waals surface area contributed by atoms with Crippen molar-refractivity contribution in [2.45, 2.75) is 6.54 Å². The summed E-state index contributed by atoms with van der Waals surface area (Å²) in [4.78, 5) is 12.2. The first kappa shape index (κ1) is 14.9. The Balaban J connectivity index is 2.19. The normalized spacial score (nSPS) is 10.3. The topological polar surface area (TPSA) is 41.1 Å². The summed E-state index contributed by atoms with van der Waals surface area (Å²) in [7, 11) is 1.87. The van der Waals surface area contributed by atoms with Crippen molar-refractivity contribution < 1.29 is 4.79 Å². The van der Waals surface area contributed by atoms with E-state index in [1.165, 1.54) is 0 Å². The lowest BCUT2D eigenvalue weighted by molar-refractivity contribution is 0.102. The van der Waals surface area contributed by atoms with Gasteiger partial charge in [-0.15, -0.1) is 0 Å². The number of nitrogens with one attached hydrogen (secondary N) is 2. The van der Waals surface area contributed by atoms with Crippen LogP contribution in [0.4, 0.5) is 5.69 Å². The second-order valence-electron chi connectivity index (χ2n) is 4.31. The summed E-state index contributed by atoms with van der Waals surface area (Å²) < 4.78 is 0. The minimum atomic E-state index is -0.279. The molecule has 0 fully saturated rings. The highest BCUT2D eigenvalue weighted by Crippen LogP contribution is 2.22. The van der Waals surface area contributed by atoms with Gasteiger partial charge in [0.25, 0.3) is 5.91 Å². The average Bonchev–Trinajstić information content (AvgIpc) is 2.42. The molecule has 0 aliphatic heterocycles. The number of hydrogen-bond donors (Lipinski definition) is 2. The highest BCUT2D eigenvalue weighted by molar-refractivity contribution is 6.36. The van der Waals surface area contributed by atoms with E-state index in [4.69, 9.17) is 23.2 Å². The Labute approximate surface area is 127 Å². The van der Waals surface area contributed by atoms with Crippen LogP contribution in [0.2, 0.25) is 10.0 Å². The molecule has 20 heavy (non-hydrogen) atoms. The summed E-state index contributed by atoms with van der Waals surface area (Å²) in [6.45, 7) is 0.738. The molecule has 0 aromatic heterocycles. The Kier molecular flexibility index (Phi) is 5.01. The Morgan fingerprint density at radius 1 is 1.15 bits per heavy atom. The molecule has 2 aromatic carbocycles. The summed E-state index contributed by atoms with van der Waals surface area (Å²) in [6.07, 6.45) is 0. The minimum Gasteiger partial charge on any atom is -0.322 e. The maximum absolute atomic E-state index is 12.2. The highest BCUT2D eigenvalue weighted by Gasteiger charge is 2.11. The molecule has 3 nitrogen and oxygen atoms in total. The molecule has 104 valence electrons. The molecule has 0 saturated heterocycles. The van der Waals surface area contributed by atoms with Crippen molar-refractivity contribution in [3.63, 3.8) is 0 Å². The third-order valence-electron chi connectivity index (χ3n) is 2.74. The molecule has 0 atom stereocenters. The lowest BCUT2D eigenvalue weighted by atomic mass is 10.1. The zero-order valence-corrected chi connectivity index (χ0v) is 12.4. The maximum Gasteiger partial charge on any atom is 0.257 e. The number of halogens is 2. The van der Waals surface area contributed by atoms with Crippen molar-refractivity contribution in [2.24, 2.45) is 0 Å². The largest absolute Gasteiger partial charge is 0.322 e. The fraction of sp³-hybridized carbons (Fsp3) is 0.133. The Morgan fingerprint density at radius 2 is 1.95 bits per heavy atom. The number of anilines is 1. The van der Waals surface area contributed by atoms with Crippen molar-refractivity contribution in [3.05, 3.63) is 63.6 Å². The third kappa shape index (κ3) is 3.73. The van der Waals surface area contributed by atoms with E-state index in [2.05, 4.69) is 10.6 Å². The monoisotopic (exact) mass is 308 g/mol. The second kappa shape index (κ2) is 6.75. The molecule has 0 saturated carbocycles. The van der Waals surface area contributed by atoms with Gasteiger partial charge in [0.2, 0.25) is 0 Å². The van der Waals surface area contributed by atoms with Crippen LogP contribution in [0, 0.1) is 0 Å². The van der Waals surface area contributed by atoms with E-state index < -0.39 is 0 Å². The van der Waals surface area contributed by atoms with Gasteiger partial charge < -0.3 is 10.6 Å². The van der Waals surface area contributed by atoms with Gasteiger partial charge in [-0.05, 0) is 42.9 Å². The van der Waals surface area contributed by atoms with Crippen LogP contribution in [0.3, 0.4) is 0 Å². The molecular formula is C15H14Cl2N2O. The zero-order chi connectivity index (χ0) is 14.5. The smallest absolute Gasteiger partial charge is 0.257 e. The van der Waals surface area contributed by atoms with Gasteiger partial charge in [0, 0.05) is 17.3 Å². The van der Waals surface area contributed by atoms with Crippen LogP contribution < -0.4 is 10.6 Å². The van der Waals surface area contributed by atoms with Gasteiger partial charge in [-0.2, -0.15) is 0 Å². The summed E-state index contributed by atoms with van der Waals surface area (Å²) in [5.74, 6) is -0.279. The number of carbonyl (C=O) groups is 1. The number of hydrogen-bond acceptors (Lipinski definition) is 2. The number of benzene rings is 2.